The third-order valence-electron chi connectivity index (χ3n) is 5.75. The van der Waals surface area contributed by atoms with E-state index in [1.54, 1.807) is 0 Å². The molecule has 2 aliphatic rings. The van der Waals surface area contributed by atoms with E-state index in [-0.39, 0.29) is 6.09 Å². The predicted molar refractivity (Wildman–Crippen MR) is 113 cm³/mol. The lowest BCUT2D eigenvalue weighted by Gasteiger charge is -2.28. The van der Waals surface area contributed by atoms with E-state index < -0.39 is 5.60 Å². The van der Waals surface area contributed by atoms with E-state index in [9.17, 15) is 4.79 Å². The van der Waals surface area contributed by atoms with Gasteiger partial charge in [0.25, 0.3) is 0 Å². The summed E-state index contributed by atoms with van der Waals surface area (Å²) in [6, 6.07) is 5.17. The number of carbonyl (C=O) groups excluding carboxylic acids is 1. The van der Waals surface area contributed by atoms with Crippen LogP contribution < -0.4 is 5.32 Å². The van der Waals surface area contributed by atoms with Crippen LogP contribution in [0.15, 0.2) is 18.3 Å². The third-order valence-corrected chi connectivity index (χ3v) is 5.75. The Balaban J connectivity index is 1.33. The van der Waals surface area contributed by atoms with Gasteiger partial charge >= 0.3 is 6.09 Å². The second kappa shape index (κ2) is 9.12. The molecule has 1 fully saturated rings. The number of hydrogen-bond acceptors (Lipinski definition) is 5. The minimum Gasteiger partial charge on any atom is -0.444 e. The van der Waals surface area contributed by atoms with Crippen LogP contribution in [0.5, 0.6) is 0 Å². The number of rotatable bonds is 6. The van der Waals surface area contributed by atoms with Crippen molar-refractivity contribution in [1.82, 2.24) is 14.8 Å². The fourth-order valence-electron chi connectivity index (χ4n) is 4.11. The van der Waals surface area contributed by atoms with Crippen molar-refractivity contribution >= 4 is 11.9 Å². The van der Waals surface area contributed by atoms with Gasteiger partial charge < -0.3 is 19.9 Å². The highest BCUT2D eigenvalue weighted by molar-refractivity contribution is 5.68. The summed E-state index contributed by atoms with van der Waals surface area (Å²) in [6.07, 6.45) is 8.64. The molecule has 6 heteroatoms. The first kappa shape index (κ1) is 20.9. The van der Waals surface area contributed by atoms with Crippen LogP contribution in [-0.4, -0.2) is 65.2 Å². The molecule has 1 aromatic rings. The fourth-order valence-corrected chi connectivity index (χ4v) is 4.11. The minimum atomic E-state index is -0.426. The number of fused-ring (bicyclic) bond motifs is 1. The number of carbonyl (C=O) groups is 1. The monoisotopic (exact) mass is 388 g/mol. The van der Waals surface area contributed by atoms with Gasteiger partial charge in [0.1, 0.15) is 11.4 Å². The Hall–Kier alpha value is -1.82. The molecule has 1 aromatic heterocycles. The van der Waals surface area contributed by atoms with E-state index in [2.05, 4.69) is 28.3 Å². The highest BCUT2D eigenvalue weighted by atomic mass is 16.6. The Bertz CT molecular complexity index is 658. The number of amides is 1. The van der Waals surface area contributed by atoms with E-state index in [0.29, 0.717) is 12.1 Å². The maximum atomic E-state index is 12.2. The number of likely N-dealkylation sites (tertiary alicyclic amines) is 1. The first-order valence-corrected chi connectivity index (χ1v) is 10.7. The molecule has 0 bridgehead atoms. The minimum absolute atomic E-state index is 0.180. The number of aromatic nitrogens is 1. The molecule has 0 aliphatic carbocycles. The number of unbranched alkanes of at least 4 members (excludes halogenated alkanes) is 1. The Morgan fingerprint density at radius 3 is 2.96 bits per heavy atom. The number of hydrogen-bond donors (Lipinski definition) is 1. The number of nitrogens with one attached hydrogen (secondary N) is 1. The Morgan fingerprint density at radius 2 is 2.18 bits per heavy atom. The SMILES string of the molecule is CN(CCCC[C@@H]1CCc2cccnc2N1)[C@@H]1CCN(C(=O)OC(C)(C)C)C1. The highest BCUT2D eigenvalue weighted by Crippen LogP contribution is 2.24. The molecular formula is C22H36N4O2. The van der Waals surface area contributed by atoms with Crippen LogP contribution in [0.4, 0.5) is 10.6 Å². The van der Waals surface area contributed by atoms with Crippen LogP contribution in [-0.2, 0) is 11.2 Å². The van der Waals surface area contributed by atoms with Gasteiger partial charge in [0.2, 0.25) is 0 Å². The van der Waals surface area contributed by atoms with Crippen molar-refractivity contribution in [2.75, 3.05) is 32.0 Å². The summed E-state index contributed by atoms with van der Waals surface area (Å²) < 4.78 is 5.50. The van der Waals surface area contributed by atoms with E-state index in [1.807, 2.05) is 37.9 Å². The van der Waals surface area contributed by atoms with Crippen molar-refractivity contribution in [2.45, 2.75) is 77.0 Å². The molecule has 2 atom stereocenters. The quantitative estimate of drug-likeness (QED) is 0.749. The van der Waals surface area contributed by atoms with Crippen LogP contribution in [0, 0.1) is 0 Å². The molecule has 156 valence electrons. The average Bonchev–Trinajstić information content (AvgIpc) is 3.14. The standard InChI is InChI=1S/C22H36N4O2/c1-22(2,3)28-21(27)26-15-12-19(16-26)25(4)14-6-5-9-18-11-10-17-8-7-13-23-20(17)24-18/h7-8,13,18-19H,5-6,9-12,14-16H2,1-4H3,(H,23,24)/t18-,19-/m1/s1. The summed E-state index contributed by atoms with van der Waals surface area (Å²) >= 11 is 0. The first-order chi connectivity index (χ1) is 13.3. The molecule has 28 heavy (non-hydrogen) atoms. The normalized spacial score (nSPS) is 22.1. The van der Waals surface area contributed by atoms with Gasteiger partial charge in [-0.2, -0.15) is 0 Å². The molecule has 0 radical (unpaired) electrons. The lowest BCUT2D eigenvalue weighted by atomic mass is 9.97. The molecule has 1 amide bonds. The van der Waals surface area contributed by atoms with Crippen molar-refractivity contribution in [3.8, 4) is 0 Å². The number of ether oxygens (including phenoxy) is 1. The van der Waals surface area contributed by atoms with E-state index >= 15 is 0 Å². The molecule has 0 unspecified atom stereocenters. The van der Waals surface area contributed by atoms with Gasteiger partial charge in [-0.25, -0.2) is 9.78 Å². The molecule has 2 aliphatic heterocycles. The van der Waals surface area contributed by atoms with Crippen molar-refractivity contribution in [3.05, 3.63) is 23.9 Å². The lowest BCUT2D eigenvalue weighted by Crippen LogP contribution is -2.39. The largest absolute Gasteiger partial charge is 0.444 e. The van der Waals surface area contributed by atoms with Crippen LogP contribution in [0.1, 0.15) is 58.4 Å². The number of pyridine rings is 1. The molecule has 0 saturated carbocycles. The lowest BCUT2D eigenvalue weighted by molar-refractivity contribution is 0.0282. The third kappa shape index (κ3) is 5.84. The Labute approximate surface area is 169 Å². The van der Waals surface area contributed by atoms with E-state index in [0.717, 1.165) is 38.3 Å². The zero-order valence-corrected chi connectivity index (χ0v) is 17.9. The van der Waals surface area contributed by atoms with Gasteiger partial charge in [-0.3, -0.25) is 0 Å². The molecule has 1 N–H and O–H groups in total. The summed E-state index contributed by atoms with van der Waals surface area (Å²) in [5.41, 5.74) is 0.916. The zero-order chi connectivity index (χ0) is 20.1. The zero-order valence-electron chi connectivity index (χ0n) is 17.9. The second-order valence-corrected chi connectivity index (χ2v) is 9.24. The molecule has 0 spiro atoms. The van der Waals surface area contributed by atoms with E-state index in [1.165, 1.54) is 31.2 Å². The highest BCUT2D eigenvalue weighted by Gasteiger charge is 2.31. The number of likely N-dealkylation sites (N-methyl/N-ethyl adjacent to an activating group) is 1. The van der Waals surface area contributed by atoms with E-state index in [4.69, 9.17) is 4.74 Å². The molecular weight excluding hydrogens is 352 g/mol. The summed E-state index contributed by atoms with van der Waals surface area (Å²) in [7, 11) is 2.18. The maximum Gasteiger partial charge on any atom is 0.410 e. The van der Waals surface area contributed by atoms with Gasteiger partial charge in [0.15, 0.2) is 0 Å². The van der Waals surface area contributed by atoms with Gasteiger partial charge in [-0.15, -0.1) is 0 Å². The van der Waals surface area contributed by atoms with Gasteiger partial charge in [0.05, 0.1) is 0 Å². The van der Waals surface area contributed by atoms with Crippen LogP contribution in [0.2, 0.25) is 0 Å². The van der Waals surface area contributed by atoms with Crippen molar-refractivity contribution < 1.29 is 9.53 Å². The average molecular weight is 389 g/mol. The van der Waals surface area contributed by atoms with Crippen LogP contribution in [0.3, 0.4) is 0 Å². The summed E-state index contributed by atoms with van der Waals surface area (Å²) in [4.78, 5) is 20.9. The second-order valence-electron chi connectivity index (χ2n) is 9.24. The molecule has 6 nitrogen and oxygen atoms in total. The summed E-state index contributed by atoms with van der Waals surface area (Å²) in [5.74, 6) is 1.07. The molecule has 3 heterocycles. The maximum absolute atomic E-state index is 12.2. The fraction of sp³-hybridized carbons (Fsp3) is 0.727. The summed E-state index contributed by atoms with van der Waals surface area (Å²) in [6.45, 7) is 8.40. The Kier molecular flexibility index (Phi) is 6.81. The van der Waals surface area contributed by atoms with Gasteiger partial charge in [0, 0.05) is 31.4 Å². The van der Waals surface area contributed by atoms with Crippen LogP contribution in [0.25, 0.3) is 0 Å². The topological polar surface area (TPSA) is 57.7 Å². The van der Waals surface area contributed by atoms with Gasteiger partial charge in [-0.05, 0) is 78.1 Å². The van der Waals surface area contributed by atoms with Crippen molar-refractivity contribution in [1.29, 1.82) is 0 Å². The summed E-state index contributed by atoms with van der Waals surface area (Å²) in [5, 5.41) is 3.59. The van der Waals surface area contributed by atoms with Gasteiger partial charge in [-0.1, -0.05) is 12.5 Å². The first-order valence-electron chi connectivity index (χ1n) is 10.7. The predicted octanol–water partition coefficient (Wildman–Crippen LogP) is 3.92. The van der Waals surface area contributed by atoms with Crippen molar-refractivity contribution in [2.24, 2.45) is 0 Å². The number of anilines is 1. The Morgan fingerprint density at radius 1 is 1.36 bits per heavy atom. The number of nitrogens with zero attached hydrogens (tertiary/aromatic N) is 3. The van der Waals surface area contributed by atoms with Crippen molar-refractivity contribution in [3.63, 3.8) is 0 Å². The molecule has 0 aromatic carbocycles. The smallest absolute Gasteiger partial charge is 0.410 e. The van der Waals surface area contributed by atoms with Crippen LogP contribution >= 0.6 is 0 Å². The number of aryl methyl sites for hydroxylation is 1. The molecule has 3 rings (SSSR count). The molecule has 1 saturated heterocycles.